The number of aliphatic carboxylic acids is 1. The molecule has 0 amide bonds. The average molecular weight is 537 g/mol. The monoisotopic (exact) mass is 536 g/mol. The van der Waals surface area contributed by atoms with Crippen LogP contribution in [0.5, 0.6) is 5.75 Å². The lowest BCUT2D eigenvalue weighted by atomic mass is 9.97. The minimum atomic E-state index is -1.31. The molecular weight excluding hydrogens is 508 g/mol. The fourth-order valence-electron chi connectivity index (χ4n) is 4.51. The first kappa shape index (κ1) is 26.3. The SMILES string of the molecule is CCC(C)(Oc1cccc(-c2ccccc2-c2cc(-c3cccc(C)c3)n(-c3ccc(Cl)cc3)n2)c1)C(=O)O. The third-order valence-electron chi connectivity index (χ3n) is 6.91. The normalized spacial score (nSPS) is 12.6. The summed E-state index contributed by atoms with van der Waals surface area (Å²) in [5, 5.41) is 15.4. The van der Waals surface area contributed by atoms with E-state index >= 15 is 0 Å². The molecule has 0 saturated heterocycles. The van der Waals surface area contributed by atoms with Crippen LogP contribution >= 0.6 is 11.6 Å². The molecule has 1 heterocycles. The molecule has 39 heavy (non-hydrogen) atoms. The predicted octanol–water partition coefficient (Wildman–Crippen LogP) is 8.47. The lowest BCUT2D eigenvalue weighted by Gasteiger charge is -2.25. The van der Waals surface area contributed by atoms with Gasteiger partial charge in [0.15, 0.2) is 0 Å². The maximum Gasteiger partial charge on any atom is 0.347 e. The Morgan fingerprint density at radius 2 is 1.59 bits per heavy atom. The number of hydrogen-bond donors (Lipinski definition) is 1. The summed E-state index contributed by atoms with van der Waals surface area (Å²) in [6.07, 6.45) is 0.340. The number of rotatable bonds is 8. The Morgan fingerprint density at radius 1 is 0.897 bits per heavy atom. The number of aromatic nitrogens is 2. The van der Waals surface area contributed by atoms with Crippen molar-refractivity contribution in [1.29, 1.82) is 0 Å². The van der Waals surface area contributed by atoms with Crippen molar-refractivity contribution in [3.63, 3.8) is 0 Å². The Balaban J connectivity index is 1.62. The summed E-state index contributed by atoms with van der Waals surface area (Å²) in [5.41, 5.74) is 6.42. The summed E-state index contributed by atoms with van der Waals surface area (Å²) in [5.74, 6) is -0.492. The molecule has 5 aromatic rings. The Kier molecular flexibility index (Phi) is 7.27. The van der Waals surface area contributed by atoms with Gasteiger partial charge in [0.2, 0.25) is 5.60 Å². The molecule has 0 aliphatic heterocycles. The molecular formula is C33H29ClN2O3. The van der Waals surface area contributed by atoms with Crippen molar-refractivity contribution in [3.8, 4) is 45.1 Å². The van der Waals surface area contributed by atoms with Gasteiger partial charge < -0.3 is 9.84 Å². The second-order valence-electron chi connectivity index (χ2n) is 9.74. The van der Waals surface area contributed by atoms with Crippen molar-refractivity contribution in [2.75, 3.05) is 0 Å². The molecule has 0 aliphatic carbocycles. The fraction of sp³-hybridized carbons (Fsp3) is 0.152. The standard InChI is InChI=1S/C33H29ClN2O3/c1-4-33(3,32(37)38)39-27-12-8-10-23(20-27)28-13-5-6-14-29(28)30-21-31(24-11-7-9-22(2)19-24)36(35-30)26-17-15-25(34)16-18-26/h5-21H,4H2,1-3H3,(H,37,38). The minimum Gasteiger partial charge on any atom is -0.478 e. The van der Waals surface area contributed by atoms with Gasteiger partial charge in [0.05, 0.1) is 17.1 Å². The van der Waals surface area contributed by atoms with Crippen molar-refractivity contribution >= 4 is 17.6 Å². The zero-order valence-corrected chi connectivity index (χ0v) is 22.8. The maximum atomic E-state index is 11.8. The van der Waals surface area contributed by atoms with Crippen molar-refractivity contribution < 1.29 is 14.6 Å². The largest absolute Gasteiger partial charge is 0.478 e. The summed E-state index contributed by atoms with van der Waals surface area (Å²) in [6, 6.07) is 33.7. The van der Waals surface area contributed by atoms with Crippen molar-refractivity contribution in [1.82, 2.24) is 9.78 Å². The Morgan fingerprint density at radius 3 is 2.28 bits per heavy atom. The van der Waals surface area contributed by atoms with Gasteiger partial charge >= 0.3 is 5.97 Å². The maximum absolute atomic E-state index is 11.8. The lowest BCUT2D eigenvalue weighted by Crippen LogP contribution is -2.40. The van der Waals surface area contributed by atoms with E-state index in [1.807, 2.05) is 77.5 Å². The quantitative estimate of drug-likeness (QED) is 0.216. The second-order valence-corrected chi connectivity index (χ2v) is 10.2. The van der Waals surface area contributed by atoms with E-state index in [1.165, 1.54) is 0 Å². The Bertz CT molecular complexity index is 1640. The number of hydrogen-bond acceptors (Lipinski definition) is 3. The van der Waals surface area contributed by atoms with Gasteiger partial charge in [0.1, 0.15) is 5.75 Å². The molecule has 6 heteroatoms. The Labute approximate surface area is 233 Å². The number of carbonyl (C=O) groups is 1. The predicted molar refractivity (Wildman–Crippen MR) is 157 cm³/mol. The average Bonchev–Trinajstić information content (AvgIpc) is 3.39. The van der Waals surface area contributed by atoms with Gasteiger partial charge in [0, 0.05) is 16.1 Å². The second kappa shape index (κ2) is 10.8. The zero-order chi connectivity index (χ0) is 27.6. The van der Waals surface area contributed by atoms with Crippen LogP contribution in [-0.2, 0) is 4.79 Å². The van der Waals surface area contributed by atoms with Crippen LogP contribution in [0.3, 0.4) is 0 Å². The highest BCUT2D eigenvalue weighted by Crippen LogP contribution is 2.36. The minimum absolute atomic E-state index is 0.340. The molecule has 5 nitrogen and oxygen atoms in total. The summed E-state index contributed by atoms with van der Waals surface area (Å²) < 4.78 is 7.89. The first-order chi connectivity index (χ1) is 18.8. The van der Waals surface area contributed by atoms with Gasteiger partial charge in [-0.3, -0.25) is 0 Å². The molecule has 0 bridgehead atoms. The first-order valence-electron chi connectivity index (χ1n) is 12.8. The van der Waals surface area contributed by atoms with Crippen LogP contribution in [0.4, 0.5) is 0 Å². The van der Waals surface area contributed by atoms with Crippen LogP contribution < -0.4 is 4.74 Å². The number of halogens is 1. The van der Waals surface area contributed by atoms with Gasteiger partial charge in [-0.15, -0.1) is 0 Å². The highest BCUT2D eigenvalue weighted by Gasteiger charge is 2.33. The smallest absolute Gasteiger partial charge is 0.347 e. The van der Waals surface area contributed by atoms with E-state index < -0.39 is 11.6 Å². The topological polar surface area (TPSA) is 64.4 Å². The van der Waals surface area contributed by atoms with Crippen LogP contribution in [0.2, 0.25) is 5.02 Å². The van der Waals surface area contributed by atoms with Crippen LogP contribution in [0, 0.1) is 6.92 Å². The van der Waals surface area contributed by atoms with E-state index in [2.05, 4.69) is 31.2 Å². The van der Waals surface area contributed by atoms with Crippen molar-refractivity contribution in [3.05, 3.63) is 114 Å². The van der Waals surface area contributed by atoms with E-state index in [4.69, 9.17) is 21.4 Å². The Hall–Kier alpha value is -4.35. The van der Waals surface area contributed by atoms with E-state index in [1.54, 1.807) is 19.9 Å². The van der Waals surface area contributed by atoms with E-state index in [0.717, 1.165) is 44.9 Å². The van der Waals surface area contributed by atoms with Crippen molar-refractivity contribution in [2.45, 2.75) is 32.8 Å². The molecule has 0 aliphatic rings. The molecule has 0 radical (unpaired) electrons. The zero-order valence-electron chi connectivity index (χ0n) is 22.1. The van der Waals surface area contributed by atoms with Gasteiger partial charge in [-0.2, -0.15) is 5.10 Å². The molecule has 1 unspecified atom stereocenters. The first-order valence-corrected chi connectivity index (χ1v) is 13.2. The van der Waals surface area contributed by atoms with Gasteiger partial charge in [-0.25, -0.2) is 9.48 Å². The molecule has 5 rings (SSSR count). The molecule has 4 aromatic carbocycles. The number of benzene rings is 4. The third-order valence-corrected chi connectivity index (χ3v) is 7.16. The van der Waals surface area contributed by atoms with Crippen LogP contribution in [-0.4, -0.2) is 26.5 Å². The van der Waals surface area contributed by atoms with Crippen LogP contribution in [0.1, 0.15) is 25.8 Å². The van der Waals surface area contributed by atoms with Crippen LogP contribution in [0.25, 0.3) is 39.3 Å². The van der Waals surface area contributed by atoms with Gasteiger partial charge in [-0.05, 0) is 79.9 Å². The third kappa shape index (κ3) is 5.45. The van der Waals surface area contributed by atoms with E-state index in [0.29, 0.717) is 17.2 Å². The van der Waals surface area contributed by atoms with E-state index in [-0.39, 0.29) is 0 Å². The number of nitrogens with zero attached hydrogens (tertiary/aromatic N) is 2. The molecule has 0 spiro atoms. The van der Waals surface area contributed by atoms with Crippen molar-refractivity contribution in [2.24, 2.45) is 0 Å². The molecule has 196 valence electrons. The van der Waals surface area contributed by atoms with Crippen LogP contribution in [0.15, 0.2) is 103 Å². The summed E-state index contributed by atoms with van der Waals surface area (Å²) >= 11 is 6.17. The summed E-state index contributed by atoms with van der Waals surface area (Å²) in [6.45, 7) is 5.47. The molecule has 1 N–H and O–H groups in total. The highest BCUT2D eigenvalue weighted by atomic mass is 35.5. The summed E-state index contributed by atoms with van der Waals surface area (Å²) in [7, 11) is 0. The fourth-order valence-corrected chi connectivity index (χ4v) is 4.64. The molecule has 1 atom stereocenters. The van der Waals surface area contributed by atoms with Gasteiger partial charge in [-0.1, -0.05) is 78.7 Å². The number of carboxylic acid groups (broad SMARTS) is 1. The number of ether oxygens (including phenoxy) is 1. The highest BCUT2D eigenvalue weighted by molar-refractivity contribution is 6.30. The number of carboxylic acids is 1. The molecule has 0 fully saturated rings. The molecule has 0 saturated carbocycles. The number of aryl methyl sites for hydroxylation is 1. The van der Waals surface area contributed by atoms with Gasteiger partial charge in [0.25, 0.3) is 0 Å². The van der Waals surface area contributed by atoms with E-state index in [9.17, 15) is 9.90 Å². The lowest BCUT2D eigenvalue weighted by molar-refractivity contribution is -0.154. The summed E-state index contributed by atoms with van der Waals surface area (Å²) in [4.78, 5) is 11.8. The molecule has 1 aromatic heterocycles.